The van der Waals surface area contributed by atoms with Crippen molar-refractivity contribution in [2.24, 2.45) is 23.2 Å². The summed E-state index contributed by atoms with van der Waals surface area (Å²) in [6, 6.07) is 0. The molecule has 0 N–H and O–H groups in total. The molecular weight excluding hydrogens is 244 g/mol. The third-order valence-corrected chi connectivity index (χ3v) is 4.85. The van der Waals surface area contributed by atoms with Crippen molar-refractivity contribution < 1.29 is 19.1 Å². The summed E-state index contributed by atoms with van der Waals surface area (Å²) in [5.74, 6) is -0.208. The lowest BCUT2D eigenvalue weighted by Crippen LogP contribution is -2.45. The lowest BCUT2D eigenvalue weighted by molar-refractivity contribution is -0.173. The molecule has 1 fully saturated rings. The Morgan fingerprint density at radius 1 is 1.26 bits per heavy atom. The van der Waals surface area contributed by atoms with Gasteiger partial charge in [-0.05, 0) is 37.0 Å². The molecule has 0 aromatic heterocycles. The highest BCUT2D eigenvalue weighted by Crippen LogP contribution is 2.56. The van der Waals surface area contributed by atoms with E-state index >= 15 is 0 Å². The molecule has 0 saturated heterocycles. The fourth-order valence-electron chi connectivity index (χ4n) is 3.95. The number of esters is 2. The minimum absolute atomic E-state index is 0.0161. The largest absolute Gasteiger partial charge is 0.468 e. The molecule has 0 amide bonds. The summed E-state index contributed by atoms with van der Waals surface area (Å²) in [5.41, 5.74) is -1.10. The van der Waals surface area contributed by atoms with Crippen molar-refractivity contribution in [3.63, 3.8) is 0 Å². The van der Waals surface area contributed by atoms with Crippen LogP contribution in [-0.4, -0.2) is 26.2 Å². The molecule has 2 aliphatic rings. The molecule has 0 aromatic rings. The summed E-state index contributed by atoms with van der Waals surface area (Å²) >= 11 is 0. The summed E-state index contributed by atoms with van der Waals surface area (Å²) in [6.45, 7) is 2.11. The first-order valence-electron chi connectivity index (χ1n) is 6.95. The van der Waals surface area contributed by atoms with Gasteiger partial charge in [0.15, 0.2) is 5.41 Å². The van der Waals surface area contributed by atoms with Gasteiger partial charge in [0.1, 0.15) is 0 Å². The number of methoxy groups -OCH3 is 2. The van der Waals surface area contributed by atoms with Crippen LogP contribution in [0.1, 0.15) is 32.6 Å². The van der Waals surface area contributed by atoms with E-state index in [-0.39, 0.29) is 11.8 Å². The van der Waals surface area contributed by atoms with Crippen LogP contribution in [0.5, 0.6) is 0 Å². The van der Waals surface area contributed by atoms with Crippen LogP contribution >= 0.6 is 0 Å². The van der Waals surface area contributed by atoms with Gasteiger partial charge in [0.2, 0.25) is 0 Å². The highest BCUT2D eigenvalue weighted by molar-refractivity contribution is 6.01. The normalized spacial score (nSPS) is 31.6. The van der Waals surface area contributed by atoms with Crippen molar-refractivity contribution in [2.45, 2.75) is 32.6 Å². The molecule has 3 atom stereocenters. The molecule has 106 valence electrons. The van der Waals surface area contributed by atoms with Crippen molar-refractivity contribution in [3.8, 4) is 0 Å². The molecule has 0 bridgehead atoms. The Morgan fingerprint density at radius 2 is 1.89 bits per heavy atom. The Morgan fingerprint density at radius 3 is 2.42 bits per heavy atom. The Bertz CT molecular complexity index is 383. The molecule has 2 unspecified atom stereocenters. The zero-order chi connectivity index (χ0) is 14.0. The second kappa shape index (κ2) is 5.35. The summed E-state index contributed by atoms with van der Waals surface area (Å²) in [6.07, 6.45) is 7.60. The third kappa shape index (κ3) is 1.97. The molecule has 1 saturated carbocycles. The van der Waals surface area contributed by atoms with Crippen LogP contribution in [0, 0.1) is 23.2 Å². The van der Waals surface area contributed by atoms with E-state index in [1.54, 1.807) is 0 Å². The maximum Gasteiger partial charge on any atom is 0.323 e. The average Bonchev–Trinajstić information content (AvgIpc) is 2.81. The van der Waals surface area contributed by atoms with Crippen molar-refractivity contribution in [2.75, 3.05) is 14.2 Å². The third-order valence-electron chi connectivity index (χ3n) is 4.85. The Hall–Kier alpha value is -1.32. The van der Waals surface area contributed by atoms with Gasteiger partial charge in [-0.15, -0.1) is 0 Å². The highest BCUT2D eigenvalue weighted by Gasteiger charge is 2.62. The number of ether oxygens (including phenoxy) is 2. The molecular formula is C15H22O4. The molecule has 0 radical (unpaired) electrons. The minimum Gasteiger partial charge on any atom is -0.468 e. The van der Waals surface area contributed by atoms with Crippen molar-refractivity contribution in [3.05, 3.63) is 12.2 Å². The number of carbonyl (C=O) groups excluding carboxylic acids is 2. The SMILES string of the molecule is CC[C@H]1CC(C(=O)OC)(C(=O)OC)C2CCC=CC21. The van der Waals surface area contributed by atoms with Crippen LogP contribution in [0.15, 0.2) is 12.2 Å². The molecule has 0 heterocycles. The summed E-state index contributed by atoms with van der Waals surface area (Å²) in [7, 11) is 2.69. The summed E-state index contributed by atoms with van der Waals surface area (Å²) in [5, 5.41) is 0. The van der Waals surface area contributed by atoms with Gasteiger partial charge in [0.05, 0.1) is 14.2 Å². The van der Waals surface area contributed by atoms with Gasteiger partial charge >= 0.3 is 11.9 Å². The zero-order valence-corrected chi connectivity index (χ0v) is 11.8. The number of allylic oxidation sites excluding steroid dienone is 2. The van der Waals surface area contributed by atoms with Crippen LogP contribution < -0.4 is 0 Å². The summed E-state index contributed by atoms with van der Waals surface area (Å²) < 4.78 is 9.88. The van der Waals surface area contributed by atoms with E-state index in [9.17, 15) is 9.59 Å². The molecule has 4 heteroatoms. The Labute approximate surface area is 114 Å². The van der Waals surface area contributed by atoms with Crippen LogP contribution in [0.25, 0.3) is 0 Å². The van der Waals surface area contributed by atoms with Gasteiger partial charge in [0, 0.05) is 0 Å². The average molecular weight is 266 g/mol. The molecule has 2 aliphatic carbocycles. The van der Waals surface area contributed by atoms with Gasteiger partial charge in [-0.25, -0.2) is 0 Å². The predicted molar refractivity (Wildman–Crippen MR) is 70.2 cm³/mol. The number of hydrogen-bond acceptors (Lipinski definition) is 4. The topological polar surface area (TPSA) is 52.6 Å². The molecule has 4 nitrogen and oxygen atoms in total. The fourth-order valence-corrected chi connectivity index (χ4v) is 3.95. The smallest absolute Gasteiger partial charge is 0.323 e. The second-order valence-corrected chi connectivity index (χ2v) is 5.52. The molecule has 0 spiro atoms. The van der Waals surface area contributed by atoms with E-state index in [0.717, 1.165) is 19.3 Å². The molecule has 0 aromatic carbocycles. The first-order chi connectivity index (χ1) is 9.11. The molecule has 0 aliphatic heterocycles. The van der Waals surface area contributed by atoms with Crippen LogP contribution in [-0.2, 0) is 19.1 Å². The maximum absolute atomic E-state index is 12.3. The van der Waals surface area contributed by atoms with Gasteiger partial charge in [-0.2, -0.15) is 0 Å². The monoisotopic (exact) mass is 266 g/mol. The standard InChI is InChI=1S/C15H22O4/c1-4-10-9-15(13(16)18-2,14(17)19-3)12-8-6-5-7-11(10)12/h5,7,10-12H,4,6,8-9H2,1-3H3/t10-,11?,12?/m0/s1. The Balaban J connectivity index is 2.45. The number of hydrogen-bond donors (Lipinski definition) is 0. The predicted octanol–water partition coefficient (Wildman–Crippen LogP) is 2.33. The minimum atomic E-state index is -1.10. The van der Waals surface area contributed by atoms with E-state index in [2.05, 4.69) is 19.1 Å². The van der Waals surface area contributed by atoms with Crippen LogP contribution in [0.2, 0.25) is 0 Å². The van der Waals surface area contributed by atoms with Gasteiger partial charge in [0.25, 0.3) is 0 Å². The van der Waals surface area contributed by atoms with E-state index < -0.39 is 17.4 Å². The van der Waals surface area contributed by atoms with Crippen molar-refractivity contribution >= 4 is 11.9 Å². The lowest BCUT2D eigenvalue weighted by atomic mass is 9.71. The van der Waals surface area contributed by atoms with E-state index in [1.165, 1.54) is 14.2 Å². The van der Waals surface area contributed by atoms with Crippen molar-refractivity contribution in [1.29, 1.82) is 0 Å². The lowest BCUT2D eigenvalue weighted by Gasteiger charge is -2.33. The zero-order valence-electron chi connectivity index (χ0n) is 11.8. The maximum atomic E-state index is 12.3. The van der Waals surface area contributed by atoms with Crippen LogP contribution in [0.4, 0.5) is 0 Å². The van der Waals surface area contributed by atoms with E-state index in [1.807, 2.05) is 0 Å². The quantitative estimate of drug-likeness (QED) is 0.447. The summed E-state index contributed by atoms with van der Waals surface area (Å²) in [4.78, 5) is 24.6. The fraction of sp³-hybridized carbons (Fsp3) is 0.733. The van der Waals surface area contributed by atoms with E-state index in [0.29, 0.717) is 12.3 Å². The van der Waals surface area contributed by atoms with Crippen LogP contribution in [0.3, 0.4) is 0 Å². The number of rotatable bonds is 3. The number of carbonyl (C=O) groups is 2. The van der Waals surface area contributed by atoms with E-state index in [4.69, 9.17) is 9.47 Å². The number of fused-ring (bicyclic) bond motifs is 1. The van der Waals surface area contributed by atoms with Gasteiger partial charge < -0.3 is 9.47 Å². The second-order valence-electron chi connectivity index (χ2n) is 5.52. The first-order valence-corrected chi connectivity index (χ1v) is 6.95. The molecule has 2 rings (SSSR count). The van der Waals surface area contributed by atoms with Gasteiger partial charge in [-0.3, -0.25) is 9.59 Å². The van der Waals surface area contributed by atoms with Gasteiger partial charge in [-0.1, -0.05) is 25.5 Å². The first kappa shape index (κ1) is 14.1. The van der Waals surface area contributed by atoms with Crippen molar-refractivity contribution in [1.82, 2.24) is 0 Å². The highest BCUT2D eigenvalue weighted by atomic mass is 16.5. The molecule has 19 heavy (non-hydrogen) atoms. The Kier molecular flexibility index (Phi) is 3.97.